The lowest BCUT2D eigenvalue weighted by molar-refractivity contribution is -0.340. The summed E-state index contributed by atoms with van der Waals surface area (Å²) in [6.45, 7) is 0.269. The third-order valence-electron chi connectivity index (χ3n) is 5.36. The molecule has 0 unspecified atom stereocenters. The van der Waals surface area contributed by atoms with Gasteiger partial charge < -0.3 is 49.6 Å². The minimum Gasteiger partial charge on any atom is -0.478 e. The molecule has 1 fully saturated rings. The number of aliphatic carboxylic acids is 1. The number of aliphatic hydroxyl groups is 5. The molecule has 0 amide bonds. The highest BCUT2D eigenvalue weighted by Crippen LogP contribution is 2.44. The summed E-state index contributed by atoms with van der Waals surface area (Å²) in [7, 11) is 0. The highest BCUT2D eigenvalue weighted by atomic mass is 16.8. The Kier molecular flexibility index (Phi) is 6.77. The number of carbonyl (C=O) groups is 2. The van der Waals surface area contributed by atoms with E-state index in [-0.39, 0.29) is 12.2 Å². The van der Waals surface area contributed by atoms with Gasteiger partial charge in [-0.1, -0.05) is 6.08 Å². The van der Waals surface area contributed by atoms with E-state index in [1.807, 2.05) is 0 Å². The zero-order valence-electron chi connectivity index (χ0n) is 15.9. The summed E-state index contributed by atoms with van der Waals surface area (Å²) in [5.74, 6) is -3.82. The summed E-state index contributed by atoms with van der Waals surface area (Å²) in [5, 5.41) is 59.1. The van der Waals surface area contributed by atoms with E-state index in [1.54, 1.807) is 0 Å². The highest BCUT2D eigenvalue weighted by Gasteiger charge is 2.52. The number of carbonyl (C=O) groups excluding carboxylic acids is 1. The number of hydrogen-bond acceptors (Lipinski definition) is 11. The van der Waals surface area contributed by atoms with Crippen molar-refractivity contribution in [2.45, 2.75) is 50.0 Å². The molecule has 9 atom stereocenters. The number of rotatable bonds is 6. The van der Waals surface area contributed by atoms with Crippen LogP contribution in [0.5, 0.6) is 0 Å². The van der Waals surface area contributed by atoms with Crippen molar-refractivity contribution >= 4 is 11.9 Å². The molecule has 2 heterocycles. The van der Waals surface area contributed by atoms with Gasteiger partial charge >= 0.3 is 11.9 Å². The van der Waals surface area contributed by atoms with Crippen molar-refractivity contribution in [3.63, 3.8) is 0 Å². The predicted molar refractivity (Wildman–Crippen MR) is 93.1 cm³/mol. The molecule has 1 aliphatic carbocycles. The highest BCUT2D eigenvalue weighted by molar-refractivity contribution is 5.87. The molecule has 3 aliphatic rings. The normalized spacial score (nSPS) is 40.7. The summed E-state index contributed by atoms with van der Waals surface area (Å²) in [6.07, 6.45) is -8.01. The van der Waals surface area contributed by atoms with Gasteiger partial charge in [0, 0.05) is 12.8 Å². The smallest absolute Gasteiger partial charge is 0.335 e. The zero-order chi connectivity index (χ0) is 22.2. The van der Waals surface area contributed by atoms with Gasteiger partial charge in [0.2, 0.25) is 6.29 Å². The van der Waals surface area contributed by atoms with E-state index >= 15 is 0 Å². The Morgan fingerprint density at radius 3 is 2.37 bits per heavy atom. The van der Waals surface area contributed by atoms with Crippen LogP contribution in [0.1, 0.15) is 6.92 Å². The first kappa shape index (κ1) is 22.6. The summed E-state index contributed by atoms with van der Waals surface area (Å²) < 4.78 is 21.3. The van der Waals surface area contributed by atoms with Gasteiger partial charge in [-0.15, -0.1) is 0 Å². The third-order valence-corrected chi connectivity index (χ3v) is 5.36. The van der Waals surface area contributed by atoms with Crippen molar-refractivity contribution in [3.05, 3.63) is 23.5 Å². The van der Waals surface area contributed by atoms with E-state index in [4.69, 9.17) is 18.9 Å². The number of esters is 1. The van der Waals surface area contributed by atoms with E-state index < -0.39 is 73.5 Å². The van der Waals surface area contributed by atoms with Crippen molar-refractivity contribution in [3.8, 4) is 0 Å². The number of carboxylic acid groups (broad SMARTS) is 1. The number of aliphatic hydroxyl groups excluding tert-OH is 5. The zero-order valence-corrected chi connectivity index (χ0v) is 15.9. The molecule has 1 saturated heterocycles. The third kappa shape index (κ3) is 4.21. The molecule has 0 radical (unpaired) electrons. The maximum Gasteiger partial charge on any atom is 0.335 e. The van der Waals surface area contributed by atoms with Gasteiger partial charge in [0.05, 0.1) is 30.5 Å². The van der Waals surface area contributed by atoms with Crippen molar-refractivity contribution in [1.29, 1.82) is 0 Å². The quantitative estimate of drug-likeness (QED) is 0.187. The molecule has 30 heavy (non-hydrogen) atoms. The van der Waals surface area contributed by atoms with E-state index in [0.717, 1.165) is 6.26 Å². The lowest BCUT2D eigenvalue weighted by atomic mass is 9.82. The molecule has 0 aromatic rings. The molecule has 168 valence electrons. The fraction of sp³-hybridized carbons (Fsp3) is 0.667. The van der Waals surface area contributed by atoms with E-state index in [1.165, 1.54) is 13.0 Å². The van der Waals surface area contributed by atoms with Crippen LogP contribution in [0.3, 0.4) is 0 Å². The number of fused-ring (bicyclic) bond motifs is 1. The van der Waals surface area contributed by atoms with Crippen LogP contribution in [0.2, 0.25) is 0 Å². The predicted octanol–water partition coefficient (Wildman–Crippen LogP) is -2.78. The Labute approximate surface area is 170 Å². The van der Waals surface area contributed by atoms with Gasteiger partial charge in [-0.05, 0) is 5.57 Å². The summed E-state index contributed by atoms with van der Waals surface area (Å²) in [5.41, 5.74) is 0.111. The second-order valence-electron chi connectivity index (χ2n) is 7.28. The van der Waals surface area contributed by atoms with Gasteiger partial charge in [-0.2, -0.15) is 0 Å². The Bertz CT molecular complexity index is 731. The minimum absolute atomic E-state index is 0.227. The lowest BCUT2D eigenvalue weighted by Gasteiger charge is -2.43. The Hall–Kier alpha value is -2.06. The first-order chi connectivity index (χ1) is 14.1. The average Bonchev–Trinajstić information content (AvgIpc) is 3.03. The van der Waals surface area contributed by atoms with E-state index in [0.29, 0.717) is 5.57 Å². The van der Waals surface area contributed by atoms with Crippen LogP contribution in [0.15, 0.2) is 23.5 Å². The van der Waals surface area contributed by atoms with Crippen molar-refractivity contribution in [2.75, 3.05) is 13.2 Å². The van der Waals surface area contributed by atoms with Crippen molar-refractivity contribution in [1.82, 2.24) is 0 Å². The first-order valence-electron chi connectivity index (χ1n) is 9.22. The standard InChI is InChI=1S/C18H24O12/c1-6(20)27-4-7-2-9(21)12-8(16(25)26)5-28-17(11(7)12)30-18-15(24)14(23)13(22)10(3-19)29-18/h2,5,9-15,17-19,21-24H,3-4H2,1H3,(H,25,26)/t9-,10-,11+,12-,13-,14+,15-,17-,18+/m1/s1. The second kappa shape index (κ2) is 8.98. The molecule has 6 N–H and O–H groups in total. The Morgan fingerprint density at radius 2 is 1.77 bits per heavy atom. The Morgan fingerprint density at radius 1 is 1.07 bits per heavy atom. The molecule has 3 rings (SSSR count). The summed E-state index contributed by atoms with van der Waals surface area (Å²) in [4.78, 5) is 22.7. The molecule has 0 saturated carbocycles. The lowest BCUT2D eigenvalue weighted by Crippen LogP contribution is -2.60. The topological polar surface area (TPSA) is 192 Å². The van der Waals surface area contributed by atoms with Gasteiger partial charge in [0.25, 0.3) is 0 Å². The fourth-order valence-corrected chi connectivity index (χ4v) is 3.85. The SMILES string of the molecule is CC(=O)OCC1=C[C@@H](O)[C@H]2C(C(=O)O)=CO[C@H](O[C@@H]3O[C@H](CO)[C@@H](O)[C@H](O)[C@H]3O)[C@@H]12. The maximum atomic E-state index is 11.6. The second-order valence-corrected chi connectivity index (χ2v) is 7.28. The molecular formula is C18H24O12. The van der Waals surface area contributed by atoms with Gasteiger partial charge in [0.1, 0.15) is 31.0 Å². The molecular weight excluding hydrogens is 408 g/mol. The van der Waals surface area contributed by atoms with Gasteiger partial charge in [-0.3, -0.25) is 4.79 Å². The van der Waals surface area contributed by atoms with Crippen LogP contribution in [0.25, 0.3) is 0 Å². The van der Waals surface area contributed by atoms with E-state index in [2.05, 4.69) is 0 Å². The summed E-state index contributed by atoms with van der Waals surface area (Å²) in [6, 6.07) is 0. The van der Waals surface area contributed by atoms with Gasteiger partial charge in [-0.25, -0.2) is 4.79 Å². The maximum absolute atomic E-state index is 11.6. The van der Waals surface area contributed by atoms with Crippen LogP contribution in [0, 0.1) is 11.8 Å². The number of ether oxygens (including phenoxy) is 4. The van der Waals surface area contributed by atoms with Crippen LogP contribution in [0.4, 0.5) is 0 Å². The van der Waals surface area contributed by atoms with Crippen LogP contribution in [-0.2, 0) is 28.5 Å². The Balaban J connectivity index is 1.85. The van der Waals surface area contributed by atoms with E-state index in [9.17, 15) is 40.2 Å². The molecule has 12 nitrogen and oxygen atoms in total. The molecule has 0 aromatic carbocycles. The van der Waals surface area contributed by atoms with Crippen LogP contribution >= 0.6 is 0 Å². The molecule has 2 aliphatic heterocycles. The summed E-state index contributed by atoms with van der Waals surface area (Å²) >= 11 is 0. The molecule has 0 spiro atoms. The first-order valence-corrected chi connectivity index (χ1v) is 9.22. The molecule has 12 heteroatoms. The van der Waals surface area contributed by atoms with Crippen molar-refractivity contribution < 1.29 is 59.2 Å². The largest absolute Gasteiger partial charge is 0.478 e. The molecule has 0 aromatic heterocycles. The van der Waals surface area contributed by atoms with Crippen LogP contribution in [-0.4, -0.2) is 98.9 Å². The van der Waals surface area contributed by atoms with Crippen LogP contribution < -0.4 is 0 Å². The van der Waals surface area contributed by atoms with Gasteiger partial charge in [0.15, 0.2) is 6.29 Å². The van der Waals surface area contributed by atoms with Crippen molar-refractivity contribution in [2.24, 2.45) is 11.8 Å². The monoisotopic (exact) mass is 432 g/mol. The fourth-order valence-electron chi connectivity index (χ4n) is 3.85. The minimum atomic E-state index is -1.71. The number of hydrogen-bond donors (Lipinski definition) is 6. The molecule has 0 bridgehead atoms. The number of carboxylic acids is 1. The average molecular weight is 432 g/mol.